The third-order valence-electron chi connectivity index (χ3n) is 2.51. The van der Waals surface area contributed by atoms with Crippen molar-refractivity contribution < 1.29 is 4.39 Å². The van der Waals surface area contributed by atoms with E-state index in [0.29, 0.717) is 5.56 Å². The zero-order valence-corrected chi connectivity index (χ0v) is 11.8. The normalized spacial score (nSPS) is 12.7. The number of hydrogen-bond donors (Lipinski definition) is 1. The van der Waals surface area contributed by atoms with E-state index in [1.807, 2.05) is 6.92 Å². The highest BCUT2D eigenvalue weighted by atomic mass is 79.9. The summed E-state index contributed by atoms with van der Waals surface area (Å²) in [5.74, 6) is -0.236. The Morgan fingerprint density at radius 1 is 1.47 bits per heavy atom. The summed E-state index contributed by atoms with van der Waals surface area (Å²) in [6, 6.07) is 4.69. The number of aryl methyl sites for hydroxylation is 1. The van der Waals surface area contributed by atoms with Gasteiger partial charge in [-0.3, -0.25) is 0 Å². The number of benzene rings is 1. The molecule has 0 radical (unpaired) electrons. The molecule has 1 atom stereocenters. The van der Waals surface area contributed by atoms with Crippen molar-refractivity contribution >= 4 is 27.5 Å². The molecule has 1 aromatic heterocycles. The number of nitrogens with one attached hydrogen (secondary N) is 1. The lowest BCUT2D eigenvalue weighted by molar-refractivity contribution is 0.577. The smallest absolute Gasteiger partial charge is 0.128 e. The highest BCUT2D eigenvalue weighted by molar-refractivity contribution is 9.10. The number of aromatic nitrogens is 2. The van der Waals surface area contributed by atoms with Gasteiger partial charge in [0.1, 0.15) is 5.82 Å². The van der Waals surface area contributed by atoms with E-state index in [2.05, 4.69) is 30.8 Å². The van der Waals surface area contributed by atoms with Gasteiger partial charge in [-0.1, -0.05) is 20.4 Å². The summed E-state index contributed by atoms with van der Waals surface area (Å²) < 4.78 is 18.6. The van der Waals surface area contributed by atoms with Crippen molar-refractivity contribution in [2.45, 2.75) is 13.0 Å². The van der Waals surface area contributed by atoms with E-state index in [9.17, 15) is 4.39 Å². The number of halogens is 2. The molecule has 6 heteroatoms. The Labute approximate surface area is 111 Å². The van der Waals surface area contributed by atoms with Crippen LogP contribution in [0.4, 0.5) is 4.39 Å². The van der Waals surface area contributed by atoms with Gasteiger partial charge in [-0.15, -0.1) is 5.10 Å². The Hall–Kier alpha value is -0.850. The highest BCUT2D eigenvalue weighted by Gasteiger charge is 2.20. The second-order valence-corrected chi connectivity index (χ2v) is 5.31. The lowest BCUT2D eigenvalue weighted by Crippen LogP contribution is -2.18. The first kappa shape index (κ1) is 12.6. The fraction of sp³-hybridized carbons (Fsp3) is 0.273. The largest absolute Gasteiger partial charge is 0.308 e. The summed E-state index contributed by atoms with van der Waals surface area (Å²) in [7, 11) is 1.80. The van der Waals surface area contributed by atoms with Gasteiger partial charge in [0, 0.05) is 10.0 Å². The van der Waals surface area contributed by atoms with Crippen LogP contribution in [0.2, 0.25) is 0 Å². The Morgan fingerprint density at radius 3 is 2.82 bits per heavy atom. The van der Waals surface area contributed by atoms with Crippen molar-refractivity contribution in [2.75, 3.05) is 7.05 Å². The molecular formula is C11H11BrFN3S. The quantitative estimate of drug-likeness (QED) is 0.946. The third-order valence-corrected chi connectivity index (χ3v) is 3.89. The summed E-state index contributed by atoms with van der Waals surface area (Å²) in [6.45, 7) is 1.87. The molecule has 2 aromatic rings. The second kappa shape index (κ2) is 5.20. The molecule has 1 unspecified atom stereocenters. The van der Waals surface area contributed by atoms with Crippen molar-refractivity contribution in [2.24, 2.45) is 0 Å². The number of rotatable bonds is 3. The Bertz CT molecular complexity index is 529. The minimum absolute atomic E-state index is 0.215. The Morgan fingerprint density at radius 2 is 2.24 bits per heavy atom. The van der Waals surface area contributed by atoms with Crippen LogP contribution in [0.5, 0.6) is 0 Å². The van der Waals surface area contributed by atoms with Gasteiger partial charge in [-0.25, -0.2) is 4.39 Å². The van der Waals surface area contributed by atoms with Crippen molar-refractivity contribution in [1.82, 2.24) is 14.9 Å². The van der Waals surface area contributed by atoms with E-state index in [4.69, 9.17) is 0 Å². The molecule has 0 aliphatic carbocycles. The van der Waals surface area contributed by atoms with Crippen LogP contribution in [-0.4, -0.2) is 16.6 Å². The first-order valence-corrected chi connectivity index (χ1v) is 6.61. The van der Waals surface area contributed by atoms with Gasteiger partial charge in [0.25, 0.3) is 0 Å². The van der Waals surface area contributed by atoms with Gasteiger partial charge in [-0.2, -0.15) is 0 Å². The lowest BCUT2D eigenvalue weighted by Gasteiger charge is -2.16. The van der Waals surface area contributed by atoms with Crippen molar-refractivity contribution in [1.29, 1.82) is 0 Å². The zero-order chi connectivity index (χ0) is 12.4. The van der Waals surface area contributed by atoms with Gasteiger partial charge in [0.2, 0.25) is 0 Å². The summed E-state index contributed by atoms with van der Waals surface area (Å²) in [5.41, 5.74) is 1.42. The van der Waals surface area contributed by atoms with E-state index in [0.717, 1.165) is 15.0 Å². The minimum atomic E-state index is -0.236. The van der Waals surface area contributed by atoms with Crippen molar-refractivity contribution in [3.8, 4) is 0 Å². The van der Waals surface area contributed by atoms with Crippen LogP contribution >= 0.6 is 27.5 Å². The van der Waals surface area contributed by atoms with Crippen LogP contribution in [0, 0.1) is 12.7 Å². The first-order valence-electron chi connectivity index (χ1n) is 5.04. The average molecular weight is 316 g/mol. The minimum Gasteiger partial charge on any atom is -0.308 e. The highest BCUT2D eigenvalue weighted by Crippen LogP contribution is 2.29. The van der Waals surface area contributed by atoms with Gasteiger partial charge in [0.05, 0.1) is 16.6 Å². The molecule has 0 fully saturated rings. The molecule has 0 aliphatic heterocycles. The van der Waals surface area contributed by atoms with E-state index < -0.39 is 0 Å². The molecule has 2 rings (SSSR count). The molecule has 1 aromatic carbocycles. The second-order valence-electron chi connectivity index (χ2n) is 3.61. The Balaban J connectivity index is 2.49. The van der Waals surface area contributed by atoms with Crippen LogP contribution in [0.1, 0.15) is 22.2 Å². The van der Waals surface area contributed by atoms with Crippen molar-refractivity contribution in [3.05, 3.63) is 44.6 Å². The SMILES string of the molecule is CNC(c1cc(Br)ccc1F)c1snnc1C. The molecule has 1 heterocycles. The molecule has 0 bridgehead atoms. The number of hydrogen-bond acceptors (Lipinski definition) is 4. The molecule has 0 amide bonds. The molecular weight excluding hydrogens is 305 g/mol. The Kier molecular flexibility index (Phi) is 3.86. The lowest BCUT2D eigenvalue weighted by atomic mass is 10.0. The monoisotopic (exact) mass is 315 g/mol. The van der Waals surface area contributed by atoms with Crippen LogP contribution in [0.25, 0.3) is 0 Å². The van der Waals surface area contributed by atoms with Crippen LogP contribution in [0.3, 0.4) is 0 Å². The van der Waals surface area contributed by atoms with Gasteiger partial charge >= 0.3 is 0 Å². The standard InChI is InChI=1S/C11H11BrFN3S/c1-6-11(17-16-15-6)10(14-2)8-5-7(12)3-4-9(8)13/h3-5,10,14H,1-2H3. The fourth-order valence-electron chi connectivity index (χ4n) is 1.67. The molecule has 0 saturated carbocycles. The predicted octanol–water partition coefficient (Wildman–Crippen LogP) is 3.06. The average Bonchev–Trinajstić information content (AvgIpc) is 2.71. The maximum atomic E-state index is 13.8. The van der Waals surface area contributed by atoms with Crippen LogP contribution < -0.4 is 5.32 Å². The summed E-state index contributed by atoms with van der Waals surface area (Å²) in [5, 5.41) is 7.06. The fourth-order valence-corrected chi connectivity index (χ4v) is 2.82. The van der Waals surface area contributed by atoms with E-state index in [-0.39, 0.29) is 11.9 Å². The molecule has 1 N–H and O–H groups in total. The summed E-state index contributed by atoms with van der Waals surface area (Å²) in [6.07, 6.45) is 0. The van der Waals surface area contributed by atoms with Gasteiger partial charge < -0.3 is 5.32 Å². The molecule has 0 saturated heterocycles. The zero-order valence-electron chi connectivity index (χ0n) is 9.37. The van der Waals surface area contributed by atoms with Crippen LogP contribution in [0.15, 0.2) is 22.7 Å². The number of nitrogens with zero attached hydrogens (tertiary/aromatic N) is 2. The maximum absolute atomic E-state index is 13.8. The first-order chi connectivity index (χ1) is 8.13. The van der Waals surface area contributed by atoms with Gasteiger partial charge in [0.15, 0.2) is 0 Å². The van der Waals surface area contributed by atoms with Gasteiger partial charge in [-0.05, 0) is 43.7 Å². The molecule has 0 aliphatic rings. The topological polar surface area (TPSA) is 37.8 Å². The van der Waals surface area contributed by atoms with E-state index >= 15 is 0 Å². The third kappa shape index (κ3) is 2.53. The van der Waals surface area contributed by atoms with Crippen molar-refractivity contribution in [3.63, 3.8) is 0 Å². The molecule has 0 spiro atoms. The van der Waals surface area contributed by atoms with E-state index in [1.165, 1.54) is 17.6 Å². The summed E-state index contributed by atoms with van der Waals surface area (Å²) >= 11 is 4.64. The molecule has 90 valence electrons. The molecule has 17 heavy (non-hydrogen) atoms. The van der Waals surface area contributed by atoms with E-state index in [1.54, 1.807) is 19.2 Å². The summed E-state index contributed by atoms with van der Waals surface area (Å²) in [4.78, 5) is 0.935. The molecule has 3 nitrogen and oxygen atoms in total. The predicted molar refractivity (Wildman–Crippen MR) is 69.6 cm³/mol. The van der Waals surface area contributed by atoms with Crippen LogP contribution in [-0.2, 0) is 0 Å². The maximum Gasteiger partial charge on any atom is 0.128 e.